The predicted molar refractivity (Wildman–Crippen MR) is 101 cm³/mol. The van der Waals surface area contributed by atoms with E-state index in [9.17, 15) is 0 Å². The van der Waals surface area contributed by atoms with Gasteiger partial charge in [-0.15, -0.1) is 0 Å². The van der Waals surface area contributed by atoms with E-state index >= 15 is 0 Å². The van der Waals surface area contributed by atoms with Crippen LogP contribution in [0.1, 0.15) is 17.1 Å². The van der Waals surface area contributed by atoms with Crippen molar-refractivity contribution in [3.05, 3.63) is 73.0 Å². The summed E-state index contributed by atoms with van der Waals surface area (Å²) >= 11 is 21.8. The molecule has 0 fully saturated rings. The number of aryl methyl sites for hydroxylation is 1. The van der Waals surface area contributed by atoms with Crippen LogP contribution >= 0.6 is 50.7 Å². The minimum atomic E-state index is 0.587. The Morgan fingerprint density at radius 2 is 1.83 bits per heavy atom. The number of nitrogens with zero attached hydrogens (tertiary/aromatic N) is 1. The lowest BCUT2D eigenvalue weighted by atomic mass is 10.1. The van der Waals surface area contributed by atoms with Crippen molar-refractivity contribution >= 4 is 50.7 Å². The highest BCUT2D eigenvalue weighted by Gasteiger charge is 2.13. The van der Waals surface area contributed by atoms with Gasteiger partial charge in [-0.3, -0.25) is 0 Å². The van der Waals surface area contributed by atoms with Crippen LogP contribution in [0.5, 0.6) is 0 Å². The number of H-pyrrole nitrogens is 1. The van der Waals surface area contributed by atoms with Crippen LogP contribution in [0, 0.1) is 6.92 Å². The molecule has 0 unspecified atom stereocenters. The molecule has 23 heavy (non-hydrogen) atoms. The fraction of sp³-hybridized carbons (Fsp3) is 0.118. The predicted octanol–water partition coefficient (Wildman–Crippen LogP) is 6.70. The summed E-state index contributed by atoms with van der Waals surface area (Å²) in [7, 11) is 0. The van der Waals surface area contributed by atoms with Gasteiger partial charge in [-0.1, -0.05) is 50.7 Å². The molecule has 0 bridgehead atoms. The van der Waals surface area contributed by atoms with Crippen LogP contribution < -0.4 is 0 Å². The third-order valence-corrected chi connectivity index (χ3v) is 4.64. The van der Waals surface area contributed by atoms with Gasteiger partial charge in [-0.05, 0) is 48.9 Å². The fourth-order valence-corrected chi connectivity index (χ4v) is 3.88. The Labute approximate surface area is 157 Å². The minimum Gasteiger partial charge on any atom is -0.345 e. The molecule has 0 aliphatic rings. The van der Waals surface area contributed by atoms with Crippen molar-refractivity contribution in [3.63, 3.8) is 0 Å². The highest BCUT2D eigenvalue weighted by atomic mass is 79.9. The maximum absolute atomic E-state index is 6.29. The molecule has 1 heterocycles. The zero-order valence-electron chi connectivity index (χ0n) is 12.1. The molecule has 0 saturated heterocycles. The average Bonchev–Trinajstić information content (AvgIpc) is 2.78. The number of aromatic amines is 1. The number of rotatable bonds is 3. The molecule has 0 atom stereocenters. The molecule has 3 aromatic rings. The Balaban J connectivity index is 1.94. The summed E-state index contributed by atoms with van der Waals surface area (Å²) in [6.07, 6.45) is 0.658. The van der Waals surface area contributed by atoms with Gasteiger partial charge < -0.3 is 4.98 Å². The van der Waals surface area contributed by atoms with Crippen LogP contribution in [0.15, 0.2) is 40.9 Å². The second-order valence-electron chi connectivity index (χ2n) is 5.24. The van der Waals surface area contributed by atoms with Crippen molar-refractivity contribution in [3.8, 4) is 11.3 Å². The molecule has 3 rings (SSSR count). The molecule has 2 nitrogen and oxygen atoms in total. The third kappa shape index (κ3) is 3.92. The van der Waals surface area contributed by atoms with Gasteiger partial charge in [-0.2, -0.15) is 0 Å². The maximum atomic E-state index is 6.29. The lowest BCUT2D eigenvalue weighted by Gasteiger charge is -2.02. The summed E-state index contributed by atoms with van der Waals surface area (Å²) in [5, 5.41) is 1.89. The summed E-state index contributed by atoms with van der Waals surface area (Å²) in [5.41, 5.74) is 3.74. The molecule has 1 N–H and O–H groups in total. The van der Waals surface area contributed by atoms with Gasteiger partial charge in [0, 0.05) is 32.2 Å². The summed E-state index contributed by atoms with van der Waals surface area (Å²) in [6.45, 7) is 1.98. The van der Waals surface area contributed by atoms with Gasteiger partial charge in [-0.25, -0.2) is 4.98 Å². The van der Waals surface area contributed by atoms with Gasteiger partial charge in [0.05, 0.1) is 10.7 Å². The standard InChI is InChI=1S/C17H12BrCl3N2/c1-9-17(14-3-2-12(19)8-15(14)21)23-16(22-9)6-10-4-11(18)7-13(20)5-10/h2-5,7-8H,6H2,1H3,(H,22,23). The number of nitrogens with one attached hydrogen (secondary N) is 1. The minimum absolute atomic E-state index is 0.587. The Hall–Kier alpha value is -1.000. The lowest BCUT2D eigenvalue weighted by Crippen LogP contribution is -1.91. The lowest BCUT2D eigenvalue weighted by molar-refractivity contribution is 1.02. The summed E-state index contributed by atoms with van der Waals surface area (Å²) < 4.78 is 0.948. The number of imidazole rings is 1. The molecule has 0 amide bonds. The average molecular weight is 431 g/mol. The Morgan fingerprint density at radius 1 is 1.04 bits per heavy atom. The Kier molecular flexibility index (Phi) is 5.02. The first-order chi connectivity index (χ1) is 10.9. The van der Waals surface area contributed by atoms with E-state index in [4.69, 9.17) is 34.8 Å². The number of halogens is 4. The third-order valence-electron chi connectivity index (χ3n) is 3.41. The van der Waals surface area contributed by atoms with Gasteiger partial charge in [0.15, 0.2) is 0 Å². The van der Waals surface area contributed by atoms with E-state index in [1.54, 1.807) is 6.07 Å². The van der Waals surface area contributed by atoms with Gasteiger partial charge in [0.1, 0.15) is 5.82 Å². The van der Waals surface area contributed by atoms with Crippen molar-refractivity contribution in [1.29, 1.82) is 0 Å². The summed E-state index contributed by atoms with van der Waals surface area (Å²) in [6, 6.07) is 11.2. The van der Waals surface area contributed by atoms with E-state index in [1.165, 1.54) is 0 Å². The van der Waals surface area contributed by atoms with E-state index in [0.29, 0.717) is 21.5 Å². The van der Waals surface area contributed by atoms with Crippen LogP contribution in [-0.2, 0) is 6.42 Å². The molecule has 2 aromatic carbocycles. The van der Waals surface area contributed by atoms with Crippen LogP contribution in [0.4, 0.5) is 0 Å². The maximum Gasteiger partial charge on any atom is 0.111 e. The van der Waals surface area contributed by atoms with Gasteiger partial charge >= 0.3 is 0 Å². The van der Waals surface area contributed by atoms with Crippen molar-refractivity contribution < 1.29 is 0 Å². The number of aromatic nitrogens is 2. The van der Waals surface area contributed by atoms with Crippen LogP contribution in [0.2, 0.25) is 15.1 Å². The van der Waals surface area contributed by atoms with Gasteiger partial charge in [0.25, 0.3) is 0 Å². The number of hydrogen-bond acceptors (Lipinski definition) is 1. The molecule has 118 valence electrons. The van der Waals surface area contributed by atoms with Crippen molar-refractivity contribution in [2.45, 2.75) is 13.3 Å². The largest absolute Gasteiger partial charge is 0.345 e. The molecule has 0 radical (unpaired) electrons. The van der Waals surface area contributed by atoms with E-state index in [-0.39, 0.29) is 0 Å². The summed E-state index contributed by atoms with van der Waals surface area (Å²) in [4.78, 5) is 7.99. The molecule has 0 spiro atoms. The van der Waals surface area contributed by atoms with E-state index < -0.39 is 0 Å². The second-order valence-corrected chi connectivity index (χ2v) is 7.43. The fourth-order valence-electron chi connectivity index (χ4n) is 2.46. The SMILES string of the molecule is Cc1[nH]c(Cc2cc(Cl)cc(Br)c2)nc1-c1ccc(Cl)cc1Cl. The topological polar surface area (TPSA) is 28.7 Å². The first-order valence-electron chi connectivity index (χ1n) is 6.88. The van der Waals surface area contributed by atoms with Crippen LogP contribution in [0.25, 0.3) is 11.3 Å². The molecule has 0 aliphatic carbocycles. The zero-order chi connectivity index (χ0) is 16.6. The van der Waals surface area contributed by atoms with Gasteiger partial charge in [0.2, 0.25) is 0 Å². The monoisotopic (exact) mass is 428 g/mol. The smallest absolute Gasteiger partial charge is 0.111 e. The molecule has 0 aliphatic heterocycles. The number of benzene rings is 2. The first-order valence-corrected chi connectivity index (χ1v) is 8.81. The van der Waals surface area contributed by atoms with Crippen molar-refractivity contribution in [2.75, 3.05) is 0 Å². The van der Waals surface area contributed by atoms with E-state index in [2.05, 4.69) is 25.9 Å². The summed E-state index contributed by atoms with van der Waals surface area (Å²) in [5.74, 6) is 0.859. The molecule has 6 heteroatoms. The molecular weight excluding hydrogens is 418 g/mol. The van der Waals surface area contributed by atoms with E-state index in [0.717, 1.165) is 32.8 Å². The molecule has 0 saturated carbocycles. The van der Waals surface area contributed by atoms with Crippen molar-refractivity contribution in [1.82, 2.24) is 9.97 Å². The van der Waals surface area contributed by atoms with Crippen LogP contribution in [0.3, 0.4) is 0 Å². The zero-order valence-corrected chi connectivity index (χ0v) is 16.0. The highest BCUT2D eigenvalue weighted by Crippen LogP contribution is 2.31. The number of hydrogen-bond donors (Lipinski definition) is 1. The quantitative estimate of drug-likeness (QED) is 0.492. The normalized spacial score (nSPS) is 11.0. The first kappa shape index (κ1) is 16.8. The van der Waals surface area contributed by atoms with E-state index in [1.807, 2.05) is 37.3 Å². The molecular formula is C17H12BrCl3N2. The molecule has 1 aromatic heterocycles. The van der Waals surface area contributed by atoms with Crippen molar-refractivity contribution in [2.24, 2.45) is 0 Å². The van der Waals surface area contributed by atoms with Crippen LogP contribution in [-0.4, -0.2) is 9.97 Å². The Bertz CT molecular complexity index is 854. The highest BCUT2D eigenvalue weighted by molar-refractivity contribution is 9.10. The second kappa shape index (κ2) is 6.86. The Morgan fingerprint density at radius 3 is 2.52 bits per heavy atom.